The molecule has 0 aliphatic rings. The third-order valence-corrected chi connectivity index (χ3v) is 2.81. The molecule has 0 saturated carbocycles. The number of carbonyl (C=O) groups is 1. The molecule has 96 valence electrons. The Kier molecular flexibility index (Phi) is 4.33. The van der Waals surface area contributed by atoms with Crippen molar-refractivity contribution in [2.75, 3.05) is 25.1 Å². The fourth-order valence-electron chi connectivity index (χ4n) is 1.14. The molecule has 8 heteroatoms. The van der Waals surface area contributed by atoms with Gasteiger partial charge in [-0.1, -0.05) is 0 Å². The summed E-state index contributed by atoms with van der Waals surface area (Å²) < 4.78 is 41.2. The predicted molar refractivity (Wildman–Crippen MR) is 57.4 cm³/mol. The van der Waals surface area contributed by atoms with Crippen LogP contribution in [0, 0.1) is 0 Å². The van der Waals surface area contributed by atoms with Crippen LogP contribution in [0.3, 0.4) is 0 Å². The van der Waals surface area contributed by atoms with Gasteiger partial charge in [-0.25, -0.2) is 9.78 Å². The molecule has 0 atom stereocenters. The highest BCUT2D eigenvalue weighted by atomic mass is 32.1. The Morgan fingerprint density at radius 2 is 2.24 bits per heavy atom. The molecule has 4 nitrogen and oxygen atoms in total. The summed E-state index contributed by atoms with van der Waals surface area (Å²) in [6.45, 7) is 0.663. The molecule has 0 N–H and O–H groups in total. The molecule has 1 aromatic heterocycles. The second-order valence-electron chi connectivity index (χ2n) is 3.14. The third-order valence-electron chi connectivity index (χ3n) is 1.91. The number of alkyl halides is 3. The summed E-state index contributed by atoms with van der Waals surface area (Å²) in [5.41, 5.74) is 0.0214. The molecule has 0 fully saturated rings. The smallest absolute Gasteiger partial charge is 0.406 e. The number of halogens is 3. The highest BCUT2D eigenvalue weighted by Crippen LogP contribution is 2.25. The molecule has 0 unspecified atom stereocenters. The maximum absolute atomic E-state index is 12.3. The Morgan fingerprint density at radius 3 is 2.71 bits per heavy atom. The maximum atomic E-state index is 12.3. The number of anilines is 1. The first-order chi connectivity index (χ1) is 7.87. The van der Waals surface area contributed by atoms with Crippen molar-refractivity contribution < 1.29 is 22.7 Å². The van der Waals surface area contributed by atoms with Gasteiger partial charge in [0, 0.05) is 11.9 Å². The molecule has 17 heavy (non-hydrogen) atoms. The van der Waals surface area contributed by atoms with E-state index < -0.39 is 18.7 Å². The molecule has 0 amide bonds. The summed E-state index contributed by atoms with van der Waals surface area (Å²) in [6.07, 6.45) is -4.30. The third kappa shape index (κ3) is 3.88. The molecular formula is C9H11F3N2O2S. The lowest BCUT2D eigenvalue weighted by atomic mass is 10.5. The topological polar surface area (TPSA) is 42.4 Å². The van der Waals surface area contributed by atoms with Crippen molar-refractivity contribution in [1.29, 1.82) is 0 Å². The van der Waals surface area contributed by atoms with E-state index in [1.807, 2.05) is 0 Å². The molecule has 0 spiro atoms. The molecule has 0 aliphatic heterocycles. The summed E-state index contributed by atoms with van der Waals surface area (Å²) in [5, 5.41) is 1.53. The van der Waals surface area contributed by atoms with Crippen LogP contribution in [0.5, 0.6) is 0 Å². The van der Waals surface area contributed by atoms with Crippen LogP contribution in [0.15, 0.2) is 5.38 Å². The average molecular weight is 268 g/mol. The Labute approximate surface area is 100 Å². The first kappa shape index (κ1) is 13.8. The Hall–Kier alpha value is -1.31. The van der Waals surface area contributed by atoms with Crippen molar-refractivity contribution in [3.05, 3.63) is 11.1 Å². The molecule has 0 bridgehead atoms. The van der Waals surface area contributed by atoms with Gasteiger partial charge in [-0.15, -0.1) is 11.3 Å². The van der Waals surface area contributed by atoms with Gasteiger partial charge in [-0.3, -0.25) is 0 Å². The SMILES string of the molecule is CCN(CC(F)(F)F)c1nc(C(=O)OC)cs1. The van der Waals surface area contributed by atoms with E-state index in [1.54, 1.807) is 6.92 Å². The minimum absolute atomic E-state index is 0.0214. The van der Waals surface area contributed by atoms with Crippen LogP contribution in [0.25, 0.3) is 0 Å². The van der Waals surface area contributed by atoms with Crippen LogP contribution in [-0.4, -0.2) is 37.3 Å². The fraction of sp³-hybridized carbons (Fsp3) is 0.556. The van der Waals surface area contributed by atoms with E-state index in [4.69, 9.17) is 0 Å². The van der Waals surface area contributed by atoms with Crippen LogP contribution >= 0.6 is 11.3 Å². The van der Waals surface area contributed by atoms with Gasteiger partial charge in [0.05, 0.1) is 7.11 Å². The quantitative estimate of drug-likeness (QED) is 0.786. The Bertz CT molecular complexity index is 392. The second-order valence-corrected chi connectivity index (χ2v) is 3.97. The van der Waals surface area contributed by atoms with Gasteiger partial charge in [-0.05, 0) is 6.92 Å². The van der Waals surface area contributed by atoms with E-state index in [0.717, 1.165) is 16.2 Å². The number of hydrogen-bond donors (Lipinski definition) is 0. The molecule has 1 heterocycles. The first-order valence-corrected chi connectivity index (χ1v) is 5.61. The predicted octanol–water partition coefficient (Wildman–Crippen LogP) is 2.32. The van der Waals surface area contributed by atoms with E-state index in [0.29, 0.717) is 0 Å². The summed E-state index contributed by atoms with van der Waals surface area (Å²) >= 11 is 0.981. The summed E-state index contributed by atoms with van der Waals surface area (Å²) in [4.78, 5) is 16.0. The van der Waals surface area contributed by atoms with Crippen LogP contribution in [0.2, 0.25) is 0 Å². The molecule has 0 aliphatic carbocycles. The Balaban J connectivity index is 2.83. The van der Waals surface area contributed by atoms with Gasteiger partial charge in [-0.2, -0.15) is 13.2 Å². The zero-order valence-corrected chi connectivity index (χ0v) is 10.1. The van der Waals surface area contributed by atoms with Crippen molar-refractivity contribution in [1.82, 2.24) is 4.98 Å². The van der Waals surface area contributed by atoms with E-state index >= 15 is 0 Å². The number of methoxy groups -OCH3 is 1. The standard InChI is InChI=1S/C9H11F3N2O2S/c1-3-14(5-9(10,11)12)8-13-6(4-17-8)7(15)16-2/h4H,3,5H2,1-2H3. The summed E-state index contributed by atoms with van der Waals surface area (Å²) in [5.74, 6) is -0.657. The number of esters is 1. The van der Waals surface area contributed by atoms with Crippen molar-refractivity contribution in [3.63, 3.8) is 0 Å². The number of thiazole rings is 1. The molecule has 0 saturated heterocycles. The fourth-order valence-corrected chi connectivity index (χ4v) is 2.00. The van der Waals surface area contributed by atoms with E-state index in [1.165, 1.54) is 12.5 Å². The monoisotopic (exact) mass is 268 g/mol. The van der Waals surface area contributed by atoms with Crippen molar-refractivity contribution in [3.8, 4) is 0 Å². The van der Waals surface area contributed by atoms with Crippen LogP contribution < -0.4 is 4.90 Å². The normalized spacial score (nSPS) is 11.4. The zero-order valence-electron chi connectivity index (χ0n) is 9.24. The maximum Gasteiger partial charge on any atom is 0.406 e. The highest BCUT2D eigenvalue weighted by molar-refractivity contribution is 7.13. The molecule has 1 rings (SSSR count). The number of hydrogen-bond acceptors (Lipinski definition) is 5. The van der Waals surface area contributed by atoms with Crippen molar-refractivity contribution >= 4 is 22.4 Å². The number of rotatable bonds is 4. The lowest BCUT2D eigenvalue weighted by molar-refractivity contribution is -0.119. The van der Waals surface area contributed by atoms with E-state index in [9.17, 15) is 18.0 Å². The largest absolute Gasteiger partial charge is 0.464 e. The minimum Gasteiger partial charge on any atom is -0.464 e. The molecule has 0 radical (unpaired) electrons. The number of aromatic nitrogens is 1. The van der Waals surface area contributed by atoms with Gasteiger partial charge in [0.2, 0.25) is 0 Å². The first-order valence-electron chi connectivity index (χ1n) is 4.73. The number of nitrogens with zero attached hydrogens (tertiary/aromatic N) is 2. The van der Waals surface area contributed by atoms with Crippen molar-refractivity contribution in [2.45, 2.75) is 13.1 Å². The second kappa shape index (κ2) is 5.35. The van der Waals surface area contributed by atoms with Crippen LogP contribution in [0.1, 0.15) is 17.4 Å². The Morgan fingerprint density at radius 1 is 1.59 bits per heavy atom. The van der Waals surface area contributed by atoms with Crippen molar-refractivity contribution in [2.24, 2.45) is 0 Å². The van der Waals surface area contributed by atoms with E-state index in [2.05, 4.69) is 9.72 Å². The summed E-state index contributed by atoms with van der Waals surface area (Å²) in [7, 11) is 1.19. The molecular weight excluding hydrogens is 257 g/mol. The van der Waals surface area contributed by atoms with Gasteiger partial charge < -0.3 is 9.64 Å². The molecule has 0 aromatic carbocycles. The number of carbonyl (C=O) groups excluding carboxylic acids is 1. The number of ether oxygens (including phenoxy) is 1. The van der Waals surface area contributed by atoms with Gasteiger partial charge >= 0.3 is 12.1 Å². The van der Waals surface area contributed by atoms with Gasteiger partial charge in [0.25, 0.3) is 0 Å². The lowest BCUT2D eigenvalue weighted by Crippen LogP contribution is -2.34. The van der Waals surface area contributed by atoms with Gasteiger partial charge in [0.1, 0.15) is 6.54 Å². The molecule has 1 aromatic rings. The van der Waals surface area contributed by atoms with Crippen LogP contribution in [-0.2, 0) is 4.74 Å². The lowest BCUT2D eigenvalue weighted by Gasteiger charge is -2.20. The zero-order chi connectivity index (χ0) is 13.1. The summed E-state index contributed by atoms with van der Waals surface area (Å²) in [6, 6.07) is 0. The highest BCUT2D eigenvalue weighted by Gasteiger charge is 2.31. The minimum atomic E-state index is -4.30. The average Bonchev–Trinajstić information content (AvgIpc) is 2.72. The van der Waals surface area contributed by atoms with Crippen LogP contribution in [0.4, 0.5) is 18.3 Å². The van der Waals surface area contributed by atoms with Gasteiger partial charge in [0.15, 0.2) is 10.8 Å². The van der Waals surface area contributed by atoms with E-state index in [-0.39, 0.29) is 17.4 Å².